The normalized spacial score (nSPS) is 13.1. The lowest BCUT2D eigenvalue weighted by molar-refractivity contribution is -0.870. The van der Waals surface area contributed by atoms with E-state index in [1.165, 1.54) is 225 Å². The lowest BCUT2D eigenvalue weighted by Gasteiger charge is -2.26. The van der Waals surface area contributed by atoms with Gasteiger partial charge in [-0.15, -0.1) is 0 Å². The molecule has 0 amide bonds. The number of carboxylic acid groups (broad SMARTS) is 1. The molecule has 0 radical (unpaired) electrons. The number of likely N-dealkylation sites (N-methyl/N-ethyl adjacent to an activating group) is 1. The summed E-state index contributed by atoms with van der Waals surface area (Å²) < 4.78 is 22.8. The van der Waals surface area contributed by atoms with Crippen molar-refractivity contribution in [2.24, 2.45) is 0 Å². The van der Waals surface area contributed by atoms with E-state index in [2.05, 4.69) is 86.8 Å². The van der Waals surface area contributed by atoms with Crippen molar-refractivity contribution in [2.75, 3.05) is 47.5 Å². The average molecular weight is 1210 g/mol. The second-order valence-electron chi connectivity index (χ2n) is 25.9. The van der Waals surface area contributed by atoms with Crippen LogP contribution in [-0.4, -0.2) is 82.3 Å². The van der Waals surface area contributed by atoms with Crippen LogP contribution in [0.5, 0.6) is 0 Å². The maximum Gasteiger partial charge on any atom is 0.306 e. The zero-order valence-corrected chi connectivity index (χ0v) is 57.2. The third-order valence-corrected chi connectivity index (χ3v) is 16.2. The molecule has 86 heavy (non-hydrogen) atoms. The Labute approximate surface area is 532 Å². The van der Waals surface area contributed by atoms with E-state index in [4.69, 9.17) is 18.9 Å². The van der Waals surface area contributed by atoms with Crippen molar-refractivity contribution >= 4 is 17.9 Å². The smallest absolute Gasteiger partial charge is 0.306 e. The number of hydrogen-bond donors (Lipinski definition) is 0. The maximum atomic E-state index is 12.9. The first-order valence-electron chi connectivity index (χ1n) is 36.6. The molecule has 9 nitrogen and oxygen atoms in total. The van der Waals surface area contributed by atoms with Crippen LogP contribution in [0.3, 0.4) is 0 Å². The lowest BCUT2D eigenvalue weighted by atomic mass is 10.0. The molecule has 0 aromatic carbocycles. The highest BCUT2D eigenvalue weighted by atomic mass is 16.7. The van der Waals surface area contributed by atoms with Crippen LogP contribution in [0.1, 0.15) is 341 Å². The van der Waals surface area contributed by atoms with E-state index in [0.29, 0.717) is 17.4 Å². The van der Waals surface area contributed by atoms with Gasteiger partial charge in [-0.05, 0) is 64.2 Å². The largest absolute Gasteiger partial charge is 0.545 e. The Hall–Kier alpha value is -3.27. The van der Waals surface area contributed by atoms with E-state index < -0.39 is 24.3 Å². The fraction of sp³-hybridized carbons (Fsp3) is 0.805. The number of nitrogens with zero attached hydrogens (tertiary/aromatic N) is 1. The second-order valence-corrected chi connectivity index (χ2v) is 25.9. The van der Waals surface area contributed by atoms with Gasteiger partial charge in [0.05, 0.1) is 40.3 Å². The highest BCUT2D eigenvalue weighted by Crippen LogP contribution is 2.19. The minimum Gasteiger partial charge on any atom is -0.545 e. The third-order valence-electron chi connectivity index (χ3n) is 16.2. The molecule has 0 fully saturated rings. The number of carbonyl (C=O) groups is 3. The summed E-state index contributed by atoms with van der Waals surface area (Å²) >= 11 is 0. The summed E-state index contributed by atoms with van der Waals surface area (Å²) in [6, 6.07) is 0. The first kappa shape index (κ1) is 82.7. The first-order chi connectivity index (χ1) is 42.1. The number of hydrogen-bond acceptors (Lipinski definition) is 8. The molecule has 0 N–H and O–H groups in total. The zero-order chi connectivity index (χ0) is 62.6. The van der Waals surface area contributed by atoms with Crippen LogP contribution >= 0.6 is 0 Å². The quantitative estimate of drug-likeness (QED) is 0.0195. The van der Waals surface area contributed by atoms with Gasteiger partial charge in [-0.2, -0.15) is 0 Å². The molecule has 0 aromatic heterocycles. The van der Waals surface area contributed by atoms with E-state index in [1.54, 1.807) is 0 Å². The molecular formula is C77H139NO8. The molecule has 0 spiro atoms. The first-order valence-corrected chi connectivity index (χ1v) is 36.6. The van der Waals surface area contributed by atoms with Gasteiger partial charge < -0.3 is 33.3 Å². The molecule has 0 aliphatic carbocycles. The Morgan fingerprint density at radius 3 is 0.988 bits per heavy atom. The number of carboxylic acids is 1. The average Bonchev–Trinajstić information content (AvgIpc) is 3.64. The van der Waals surface area contributed by atoms with E-state index in [1.807, 2.05) is 21.1 Å². The van der Waals surface area contributed by atoms with Gasteiger partial charge in [0.2, 0.25) is 0 Å². The van der Waals surface area contributed by atoms with Gasteiger partial charge in [-0.1, -0.05) is 337 Å². The van der Waals surface area contributed by atoms with E-state index >= 15 is 0 Å². The van der Waals surface area contributed by atoms with E-state index in [0.717, 1.165) is 83.5 Å². The molecule has 2 atom stereocenters. The molecule has 2 unspecified atom stereocenters. The minimum absolute atomic E-state index is 0.140. The Bertz CT molecular complexity index is 1640. The molecule has 0 aliphatic rings. The lowest BCUT2D eigenvalue weighted by Crippen LogP contribution is -2.44. The van der Waals surface area contributed by atoms with Crippen molar-refractivity contribution in [1.82, 2.24) is 0 Å². The number of aliphatic carboxylic acids is 1. The Kier molecular flexibility index (Phi) is 65.1. The van der Waals surface area contributed by atoms with Crippen molar-refractivity contribution in [3.8, 4) is 0 Å². The van der Waals surface area contributed by atoms with Gasteiger partial charge in [0.25, 0.3) is 0 Å². The number of carbonyl (C=O) groups excluding carboxylic acids is 3. The number of esters is 2. The van der Waals surface area contributed by atoms with Crippen molar-refractivity contribution in [2.45, 2.75) is 354 Å². The summed E-state index contributed by atoms with van der Waals surface area (Å²) in [6.45, 7) is 4.64. The van der Waals surface area contributed by atoms with Crippen molar-refractivity contribution < 1.29 is 42.9 Å². The van der Waals surface area contributed by atoms with Crippen molar-refractivity contribution in [3.63, 3.8) is 0 Å². The van der Waals surface area contributed by atoms with E-state index in [9.17, 15) is 19.5 Å². The fourth-order valence-corrected chi connectivity index (χ4v) is 10.7. The maximum absolute atomic E-state index is 12.9. The second kappa shape index (κ2) is 67.7. The SMILES string of the molecule is CC/C=C\C/C=C\C/C=C\C/C=C\C/C=C\C/C=C\CCCCCCC(=O)OC(COC(=O)CCCCCCCCCCCCCCCCCCCCCCCCCCCCCCCCCCCCCCCC)COC(OCC[N+](C)(C)C)C(=O)[O-]. The molecule has 0 heterocycles. The molecule has 0 aromatic rings. The highest BCUT2D eigenvalue weighted by molar-refractivity contribution is 5.70. The molecule has 0 saturated carbocycles. The summed E-state index contributed by atoms with van der Waals surface area (Å²) in [5.74, 6) is -2.31. The molecule has 0 bridgehead atoms. The van der Waals surface area contributed by atoms with Crippen LogP contribution in [0, 0.1) is 0 Å². The summed E-state index contributed by atoms with van der Waals surface area (Å²) in [7, 11) is 5.92. The van der Waals surface area contributed by atoms with Crippen molar-refractivity contribution in [3.05, 3.63) is 72.9 Å². The zero-order valence-electron chi connectivity index (χ0n) is 57.2. The van der Waals surface area contributed by atoms with Crippen LogP contribution in [0.25, 0.3) is 0 Å². The Morgan fingerprint density at radius 2 is 0.663 bits per heavy atom. The van der Waals surface area contributed by atoms with Crippen LogP contribution in [-0.2, 0) is 33.3 Å². The molecule has 500 valence electrons. The van der Waals surface area contributed by atoms with Gasteiger partial charge >= 0.3 is 11.9 Å². The summed E-state index contributed by atoms with van der Waals surface area (Å²) in [5.41, 5.74) is 0. The number of quaternary nitrogens is 1. The third kappa shape index (κ3) is 68.2. The highest BCUT2D eigenvalue weighted by Gasteiger charge is 2.22. The Balaban J connectivity index is 4.01. The number of ether oxygens (including phenoxy) is 4. The number of allylic oxidation sites excluding steroid dienone is 12. The van der Waals surface area contributed by atoms with Crippen LogP contribution in [0.2, 0.25) is 0 Å². The predicted octanol–water partition coefficient (Wildman–Crippen LogP) is 21.5. The van der Waals surface area contributed by atoms with Gasteiger partial charge in [0.15, 0.2) is 12.4 Å². The summed E-state index contributed by atoms with van der Waals surface area (Å²) in [6.07, 6.45) is 87.4. The molecular weight excluding hydrogens is 1070 g/mol. The van der Waals surface area contributed by atoms with Gasteiger partial charge in [0, 0.05) is 12.8 Å². The summed E-state index contributed by atoms with van der Waals surface area (Å²) in [4.78, 5) is 37.5. The minimum atomic E-state index is -1.63. The fourth-order valence-electron chi connectivity index (χ4n) is 10.7. The van der Waals surface area contributed by atoms with Crippen LogP contribution in [0.4, 0.5) is 0 Å². The monoisotopic (exact) mass is 1210 g/mol. The topological polar surface area (TPSA) is 111 Å². The standard InChI is InChI=1S/C77H139NO8/c1-6-8-10-12-14-16-18-20-22-24-26-28-30-31-32-33-34-35-36-37-38-39-40-41-42-43-44-46-47-49-51-53-55-57-59-61-63-65-67-74(79)84-71-73(72-85-77(76(81)82)83-70-69-78(3,4)5)86-75(80)68-66-64-62-60-58-56-54-52-50-48-45-29-27-25-23-21-19-17-15-13-11-9-7-2/h9,11,15,17,21,23,27,29,48,50,54,56,73,77H,6-8,10,12-14,16,18-20,22,24-26,28,30-47,49,51-53,55,57-72H2,1-5H3/b11-9-,17-15-,23-21-,29-27-,50-48-,56-54-. The van der Waals surface area contributed by atoms with Crippen LogP contribution in [0.15, 0.2) is 72.9 Å². The molecule has 0 rings (SSSR count). The van der Waals surface area contributed by atoms with Crippen molar-refractivity contribution in [1.29, 1.82) is 0 Å². The molecule has 0 aliphatic heterocycles. The van der Waals surface area contributed by atoms with E-state index in [-0.39, 0.29) is 38.6 Å². The number of rotatable bonds is 68. The number of unbranched alkanes of at least 4 members (excludes halogenated alkanes) is 41. The Morgan fingerprint density at radius 1 is 0.360 bits per heavy atom. The molecule has 9 heteroatoms. The van der Waals surface area contributed by atoms with Gasteiger partial charge in [-0.25, -0.2) is 0 Å². The molecule has 0 saturated heterocycles. The van der Waals surface area contributed by atoms with Gasteiger partial charge in [0.1, 0.15) is 13.2 Å². The summed E-state index contributed by atoms with van der Waals surface area (Å²) in [5, 5.41) is 11.8. The predicted molar refractivity (Wildman–Crippen MR) is 366 cm³/mol. The van der Waals surface area contributed by atoms with Crippen LogP contribution < -0.4 is 5.11 Å². The van der Waals surface area contributed by atoms with Gasteiger partial charge in [-0.3, -0.25) is 9.59 Å².